The Kier molecular flexibility index (Phi) is 6.22. The second kappa shape index (κ2) is 9.20. The minimum absolute atomic E-state index is 0.0957. The van der Waals surface area contributed by atoms with Crippen LogP contribution in [0.15, 0.2) is 54.6 Å². The molecule has 6 nitrogen and oxygen atoms in total. The van der Waals surface area contributed by atoms with E-state index >= 15 is 0 Å². The number of ether oxygens (including phenoxy) is 1. The molecule has 2 saturated heterocycles. The van der Waals surface area contributed by atoms with Crippen LogP contribution in [0.4, 0.5) is 5.69 Å². The summed E-state index contributed by atoms with van der Waals surface area (Å²) in [5.41, 5.74) is 2.55. The van der Waals surface area contributed by atoms with Crippen molar-refractivity contribution in [2.45, 2.75) is 18.9 Å². The summed E-state index contributed by atoms with van der Waals surface area (Å²) in [5.74, 6) is 0.0447. The molecule has 0 aromatic heterocycles. The van der Waals surface area contributed by atoms with E-state index in [1.165, 1.54) is 0 Å². The van der Waals surface area contributed by atoms with Crippen LogP contribution in [-0.2, 0) is 9.53 Å². The van der Waals surface area contributed by atoms with Crippen molar-refractivity contribution in [3.63, 3.8) is 0 Å². The van der Waals surface area contributed by atoms with Crippen molar-refractivity contribution < 1.29 is 14.3 Å². The van der Waals surface area contributed by atoms with Crippen LogP contribution in [-0.4, -0.2) is 56.1 Å². The third-order valence-corrected chi connectivity index (χ3v) is 5.57. The summed E-state index contributed by atoms with van der Waals surface area (Å²) in [6, 6.07) is 17.3. The van der Waals surface area contributed by atoms with Gasteiger partial charge in [0, 0.05) is 43.9 Å². The Bertz CT molecular complexity index is 832. The summed E-state index contributed by atoms with van der Waals surface area (Å²) in [6.45, 7) is 4.70. The molecule has 0 aliphatic carbocycles. The molecule has 0 unspecified atom stereocenters. The van der Waals surface area contributed by atoms with Gasteiger partial charge in [0.2, 0.25) is 5.91 Å². The lowest BCUT2D eigenvalue weighted by Gasteiger charge is -2.31. The molecule has 0 radical (unpaired) electrons. The highest BCUT2D eigenvalue weighted by atomic mass is 16.5. The van der Waals surface area contributed by atoms with Crippen molar-refractivity contribution in [2.75, 3.05) is 44.3 Å². The number of carbonyl (C=O) groups excluding carboxylic acids is 2. The molecule has 2 heterocycles. The molecule has 29 heavy (non-hydrogen) atoms. The fourth-order valence-corrected chi connectivity index (χ4v) is 3.92. The zero-order valence-corrected chi connectivity index (χ0v) is 16.5. The molecule has 2 aliphatic rings. The maximum Gasteiger partial charge on any atom is 0.251 e. The van der Waals surface area contributed by atoms with Crippen LogP contribution in [0.1, 0.15) is 34.8 Å². The molecule has 2 aromatic carbocycles. The summed E-state index contributed by atoms with van der Waals surface area (Å²) in [6.07, 6.45) is 1.49. The molecule has 4 rings (SSSR count). The maximum absolute atomic E-state index is 12.9. The van der Waals surface area contributed by atoms with Crippen molar-refractivity contribution in [3.8, 4) is 0 Å². The highest BCUT2D eigenvalue weighted by molar-refractivity contribution is 5.97. The van der Waals surface area contributed by atoms with E-state index in [0.717, 1.165) is 57.1 Å². The quantitative estimate of drug-likeness (QED) is 0.820. The summed E-state index contributed by atoms with van der Waals surface area (Å²) in [5, 5.41) is 3.19. The van der Waals surface area contributed by atoms with E-state index in [4.69, 9.17) is 4.74 Å². The minimum atomic E-state index is -0.105. The smallest absolute Gasteiger partial charge is 0.251 e. The van der Waals surface area contributed by atoms with Gasteiger partial charge in [0.05, 0.1) is 19.3 Å². The van der Waals surface area contributed by atoms with Crippen LogP contribution in [0.2, 0.25) is 0 Å². The predicted molar refractivity (Wildman–Crippen MR) is 112 cm³/mol. The maximum atomic E-state index is 12.9. The van der Waals surface area contributed by atoms with Crippen molar-refractivity contribution in [3.05, 3.63) is 65.7 Å². The fraction of sp³-hybridized carbons (Fsp3) is 0.391. The predicted octanol–water partition coefficient (Wildman–Crippen LogP) is 2.62. The van der Waals surface area contributed by atoms with Gasteiger partial charge < -0.3 is 15.0 Å². The van der Waals surface area contributed by atoms with E-state index < -0.39 is 0 Å². The second-order valence-electron chi connectivity index (χ2n) is 7.55. The zero-order chi connectivity index (χ0) is 20.1. The zero-order valence-electron chi connectivity index (χ0n) is 16.5. The van der Waals surface area contributed by atoms with Crippen molar-refractivity contribution in [2.24, 2.45) is 0 Å². The van der Waals surface area contributed by atoms with Crippen molar-refractivity contribution in [1.29, 1.82) is 0 Å². The van der Waals surface area contributed by atoms with Crippen LogP contribution < -0.4 is 10.2 Å². The first-order chi connectivity index (χ1) is 14.2. The van der Waals surface area contributed by atoms with E-state index in [1.54, 1.807) is 17.0 Å². The number of benzene rings is 2. The summed E-state index contributed by atoms with van der Waals surface area (Å²) in [4.78, 5) is 29.0. The van der Waals surface area contributed by atoms with Gasteiger partial charge in [0.15, 0.2) is 0 Å². The largest absolute Gasteiger partial charge is 0.379 e. The monoisotopic (exact) mass is 393 g/mol. The number of morpholine rings is 1. The van der Waals surface area contributed by atoms with Gasteiger partial charge in [-0.1, -0.05) is 30.3 Å². The number of rotatable bonds is 6. The molecule has 152 valence electrons. The van der Waals surface area contributed by atoms with Gasteiger partial charge in [-0.3, -0.25) is 14.5 Å². The minimum Gasteiger partial charge on any atom is -0.379 e. The topological polar surface area (TPSA) is 61.9 Å². The summed E-state index contributed by atoms with van der Waals surface area (Å²) in [7, 11) is 0. The molecule has 2 amide bonds. The molecule has 2 aliphatic heterocycles. The molecular formula is C23H27N3O3. The Morgan fingerprint density at radius 1 is 1.00 bits per heavy atom. The highest BCUT2D eigenvalue weighted by Gasteiger charge is 2.23. The standard InChI is InChI=1S/C23H27N3O3/c27-22-7-4-12-26(22)20-10-8-19(9-11-20)23(28)24-21(18-5-2-1-3-6-18)17-25-13-15-29-16-14-25/h1-3,5-6,8-11,21H,4,7,12-17H2,(H,24,28)/t21-/m0/s1. The number of hydrogen-bond donors (Lipinski definition) is 1. The van der Waals surface area contributed by atoms with Gasteiger partial charge in [-0.15, -0.1) is 0 Å². The number of carbonyl (C=O) groups is 2. The molecule has 0 bridgehead atoms. The molecule has 2 fully saturated rings. The third kappa shape index (κ3) is 4.83. The van der Waals surface area contributed by atoms with Crippen molar-refractivity contribution in [1.82, 2.24) is 10.2 Å². The molecule has 6 heteroatoms. The first-order valence-corrected chi connectivity index (χ1v) is 10.3. The van der Waals surface area contributed by atoms with Crippen LogP contribution in [0.25, 0.3) is 0 Å². The normalized spacial score (nSPS) is 18.6. The van der Waals surface area contributed by atoms with E-state index in [0.29, 0.717) is 12.0 Å². The summed E-state index contributed by atoms with van der Waals surface area (Å²) < 4.78 is 5.44. The molecule has 2 aromatic rings. The average molecular weight is 393 g/mol. The summed E-state index contributed by atoms with van der Waals surface area (Å²) >= 11 is 0. The van der Waals surface area contributed by atoms with E-state index in [9.17, 15) is 9.59 Å². The molecule has 1 atom stereocenters. The Hall–Kier alpha value is -2.70. The third-order valence-electron chi connectivity index (χ3n) is 5.57. The Morgan fingerprint density at radius 2 is 1.72 bits per heavy atom. The SMILES string of the molecule is O=C(N[C@@H](CN1CCOCC1)c1ccccc1)c1ccc(N2CCCC2=O)cc1. The fourth-order valence-electron chi connectivity index (χ4n) is 3.92. The Morgan fingerprint density at radius 3 is 2.38 bits per heavy atom. The lowest BCUT2D eigenvalue weighted by Crippen LogP contribution is -2.43. The van der Waals surface area contributed by atoms with Gasteiger partial charge in [-0.2, -0.15) is 0 Å². The molecule has 0 spiro atoms. The average Bonchev–Trinajstić information content (AvgIpc) is 3.20. The van der Waals surface area contributed by atoms with E-state index in [1.807, 2.05) is 42.5 Å². The van der Waals surface area contributed by atoms with E-state index in [-0.39, 0.29) is 17.9 Å². The van der Waals surface area contributed by atoms with E-state index in [2.05, 4.69) is 10.2 Å². The number of amides is 2. The Labute approximate surface area is 171 Å². The molecule has 1 N–H and O–H groups in total. The molecule has 0 saturated carbocycles. The number of nitrogens with zero attached hydrogens (tertiary/aromatic N) is 2. The molecular weight excluding hydrogens is 366 g/mol. The number of hydrogen-bond acceptors (Lipinski definition) is 4. The van der Waals surface area contributed by atoms with Crippen LogP contribution in [0, 0.1) is 0 Å². The first-order valence-electron chi connectivity index (χ1n) is 10.3. The first kappa shape index (κ1) is 19.6. The number of nitrogens with one attached hydrogen (secondary N) is 1. The van der Waals surface area contributed by atoms with Crippen LogP contribution in [0.3, 0.4) is 0 Å². The number of anilines is 1. The van der Waals surface area contributed by atoms with Crippen LogP contribution in [0.5, 0.6) is 0 Å². The van der Waals surface area contributed by atoms with Gasteiger partial charge in [0.1, 0.15) is 0 Å². The van der Waals surface area contributed by atoms with Gasteiger partial charge in [0.25, 0.3) is 5.91 Å². The van der Waals surface area contributed by atoms with Gasteiger partial charge in [-0.25, -0.2) is 0 Å². The van der Waals surface area contributed by atoms with Gasteiger partial charge >= 0.3 is 0 Å². The van der Waals surface area contributed by atoms with Crippen molar-refractivity contribution >= 4 is 17.5 Å². The lowest BCUT2D eigenvalue weighted by molar-refractivity contribution is -0.117. The second-order valence-corrected chi connectivity index (χ2v) is 7.55. The Balaban J connectivity index is 1.46. The highest BCUT2D eigenvalue weighted by Crippen LogP contribution is 2.22. The van der Waals surface area contributed by atoms with Gasteiger partial charge in [-0.05, 0) is 36.2 Å². The lowest BCUT2D eigenvalue weighted by atomic mass is 10.1. The van der Waals surface area contributed by atoms with Crippen LogP contribution >= 0.6 is 0 Å².